The van der Waals surface area contributed by atoms with Gasteiger partial charge in [-0.3, -0.25) is 0 Å². The Morgan fingerprint density at radius 1 is 1.16 bits per heavy atom. The topological polar surface area (TPSA) is 46.6 Å². The molecule has 2 atom stereocenters. The first-order chi connectivity index (χ1) is 14.4. The van der Waals surface area contributed by atoms with E-state index in [0.717, 1.165) is 24.8 Å². The lowest BCUT2D eigenvalue weighted by molar-refractivity contribution is -0.0105. The van der Waals surface area contributed by atoms with Crippen LogP contribution in [0.4, 0.5) is 0 Å². The van der Waals surface area contributed by atoms with E-state index in [1.54, 1.807) is 18.2 Å². The van der Waals surface area contributed by atoms with Gasteiger partial charge in [0.05, 0.1) is 4.90 Å². The average molecular weight is 464 g/mol. The van der Waals surface area contributed by atoms with Gasteiger partial charge in [0.15, 0.2) is 0 Å². The van der Waals surface area contributed by atoms with Crippen molar-refractivity contribution in [2.45, 2.75) is 90.2 Å². The maximum atomic E-state index is 13.8. The molecule has 0 heterocycles. The molecule has 0 bridgehead atoms. The van der Waals surface area contributed by atoms with Crippen LogP contribution >= 0.6 is 0 Å². The van der Waals surface area contributed by atoms with E-state index in [4.69, 9.17) is 4.74 Å². The van der Waals surface area contributed by atoms with Gasteiger partial charge in [0.2, 0.25) is 10.0 Å². The van der Waals surface area contributed by atoms with Gasteiger partial charge < -0.3 is 4.74 Å². The molecule has 1 aromatic carbocycles. The Morgan fingerprint density at radius 2 is 1.77 bits per heavy atom. The number of hydrogen-bond acceptors (Lipinski definition) is 3. The second-order valence-corrected chi connectivity index (χ2v) is 16.0. The fraction of sp³-hybridized carbons (Fsp3) is 0.600. The molecule has 31 heavy (non-hydrogen) atoms. The highest BCUT2D eigenvalue weighted by molar-refractivity contribution is 7.89. The highest BCUT2D eigenvalue weighted by Crippen LogP contribution is 2.28. The molecule has 0 aliphatic rings. The molecule has 0 fully saturated rings. The standard InChI is InChI=1S/C25H41NO3SSi/c1-9-11-12-19-29-25(10-2)26(24(21(3)4)14-13-20-31(6,7)8)30(27,28)23-17-15-22(5)16-18-23/h10,15-18,21,24-25H,2,9,11-12,14,19H2,1,3-8H3/t24-,25-/m0/s1. The summed E-state index contributed by atoms with van der Waals surface area (Å²) in [5.41, 5.74) is 4.40. The first-order valence-corrected chi connectivity index (χ1v) is 16.2. The van der Waals surface area contributed by atoms with E-state index < -0.39 is 24.3 Å². The summed E-state index contributed by atoms with van der Waals surface area (Å²) in [5, 5.41) is 0. The molecule has 1 aromatic rings. The quantitative estimate of drug-likeness (QED) is 0.126. The molecule has 0 N–H and O–H groups in total. The summed E-state index contributed by atoms with van der Waals surface area (Å²) in [6.45, 7) is 19.1. The molecule has 0 aliphatic carbocycles. The number of nitrogens with zero attached hydrogens (tertiary/aromatic N) is 1. The molecule has 1 rings (SSSR count). The number of sulfonamides is 1. The van der Waals surface area contributed by atoms with Crippen LogP contribution in [0.3, 0.4) is 0 Å². The van der Waals surface area contributed by atoms with Gasteiger partial charge in [-0.2, -0.15) is 4.31 Å². The van der Waals surface area contributed by atoms with Gasteiger partial charge in [0.1, 0.15) is 14.3 Å². The minimum Gasteiger partial charge on any atom is -0.358 e. The van der Waals surface area contributed by atoms with Crippen molar-refractivity contribution in [3.63, 3.8) is 0 Å². The molecule has 0 aromatic heterocycles. The zero-order valence-electron chi connectivity index (χ0n) is 20.4. The van der Waals surface area contributed by atoms with Crippen molar-refractivity contribution < 1.29 is 13.2 Å². The zero-order chi connectivity index (χ0) is 23.7. The predicted octanol–water partition coefficient (Wildman–Crippen LogP) is 6.00. The molecule has 0 aliphatic heterocycles. The van der Waals surface area contributed by atoms with E-state index in [9.17, 15) is 8.42 Å². The maximum Gasteiger partial charge on any atom is 0.245 e. The number of rotatable bonds is 12. The second-order valence-electron chi connectivity index (χ2n) is 9.42. The molecule has 0 radical (unpaired) electrons. The van der Waals surface area contributed by atoms with Crippen LogP contribution in [0, 0.1) is 24.3 Å². The van der Waals surface area contributed by atoms with E-state index >= 15 is 0 Å². The van der Waals surface area contributed by atoms with Crippen LogP contribution in [-0.4, -0.2) is 39.7 Å². The lowest BCUT2D eigenvalue weighted by Gasteiger charge is -2.37. The molecular weight excluding hydrogens is 422 g/mol. The van der Waals surface area contributed by atoms with Crippen LogP contribution in [0.15, 0.2) is 41.8 Å². The van der Waals surface area contributed by atoms with Gasteiger partial charge in [-0.15, -0.1) is 11.5 Å². The molecule has 0 saturated carbocycles. The van der Waals surface area contributed by atoms with E-state index in [2.05, 4.69) is 44.6 Å². The van der Waals surface area contributed by atoms with Gasteiger partial charge >= 0.3 is 0 Å². The first-order valence-electron chi connectivity index (χ1n) is 11.3. The SMILES string of the molecule is C=C[C@H](OCCCCC)N([C@@H](CC#C[Si](C)(C)C)C(C)C)S(=O)(=O)c1ccc(C)cc1. The van der Waals surface area contributed by atoms with Crippen molar-refractivity contribution in [1.29, 1.82) is 0 Å². The molecule has 6 heteroatoms. The third-order valence-electron chi connectivity index (χ3n) is 4.96. The Bertz CT molecular complexity index is 845. The van der Waals surface area contributed by atoms with Crippen LogP contribution in [0.1, 0.15) is 52.0 Å². The lowest BCUT2D eigenvalue weighted by Crippen LogP contribution is -2.49. The van der Waals surface area contributed by atoms with Crippen molar-refractivity contribution in [1.82, 2.24) is 4.31 Å². The van der Waals surface area contributed by atoms with E-state index in [1.165, 1.54) is 4.31 Å². The molecule has 0 unspecified atom stereocenters. The minimum absolute atomic E-state index is 0.0675. The fourth-order valence-corrected chi connectivity index (χ4v) is 5.63. The third-order valence-corrected chi connectivity index (χ3v) is 7.78. The third kappa shape index (κ3) is 8.94. The molecule has 0 spiro atoms. The minimum atomic E-state index is -3.80. The molecule has 174 valence electrons. The van der Waals surface area contributed by atoms with Crippen molar-refractivity contribution in [3.05, 3.63) is 42.5 Å². The summed E-state index contributed by atoms with van der Waals surface area (Å²) in [5.74, 6) is 3.36. The first kappa shape index (κ1) is 27.6. The number of aryl methyl sites for hydroxylation is 1. The van der Waals surface area contributed by atoms with Crippen molar-refractivity contribution in [2.75, 3.05) is 6.61 Å². The summed E-state index contributed by atoms with van der Waals surface area (Å²) in [4.78, 5) is 0.269. The van der Waals surface area contributed by atoms with Crippen molar-refractivity contribution >= 4 is 18.1 Å². The zero-order valence-corrected chi connectivity index (χ0v) is 22.3. The molecular formula is C25H41NO3SSi. The molecule has 0 amide bonds. The van der Waals surface area contributed by atoms with Crippen molar-refractivity contribution in [2.24, 2.45) is 5.92 Å². The highest BCUT2D eigenvalue weighted by atomic mass is 32.2. The Hall–Kier alpha value is -1.39. The van der Waals surface area contributed by atoms with Gasteiger partial charge in [-0.1, -0.05) is 77.5 Å². The van der Waals surface area contributed by atoms with E-state index in [1.807, 2.05) is 32.9 Å². The number of hydrogen-bond donors (Lipinski definition) is 0. The van der Waals surface area contributed by atoms with Crippen molar-refractivity contribution in [3.8, 4) is 11.5 Å². The number of ether oxygens (including phenoxy) is 1. The van der Waals surface area contributed by atoms with Crippen LogP contribution in [0.25, 0.3) is 0 Å². The van der Waals surface area contributed by atoms with Crippen LogP contribution < -0.4 is 0 Å². The smallest absolute Gasteiger partial charge is 0.245 e. The number of unbranched alkanes of at least 4 members (excludes halogenated alkanes) is 2. The summed E-state index contributed by atoms with van der Waals surface area (Å²) in [7, 11) is -5.36. The Labute approximate surface area is 192 Å². The summed E-state index contributed by atoms with van der Waals surface area (Å²) in [6, 6.07) is 6.67. The normalized spacial score (nSPS) is 14.2. The Balaban J connectivity index is 3.42. The summed E-state index contributed by atoms with van der Waals surface area (Å²) >= 11 is 0. The van der Waals surface area contributed by atoms with E-state index in [-0.39, 0.29) is 16.9 Å². The van der Waals surface area contributed by atoms with Crippen LogP contribution in [0.5, 0.6) is 0 Å². The summed E-state index contributed by atoms with van der Waals surface area (Å²) in [6.07, 6.45) is 4.35. The van der Waals surface area contributed by atoms with Gasteiger partial charge in [-0.05, 0) is 37.5 Å². The van der Waals surface area contributed by atoms with Crippen LogP contribution in [0.2, 0.25) is 19.6 Å². The second kappa shape index (κ2) is 12.6. The summed E-state index contributed by atoms with van der Waals surface area (Å²) < 4.78 is 35.1. The molecule has 4 nitrogen and oxygen atoms in total. The fourth-order valence-electron chi connectivity index (χ4n) is 3.18. The van der Waals surface area contributed by atoms with Gasteiger partial charge in [-0.25, -0.2) is 8.42 Å². The monoisotopic (exact) mass is 463 g/mol. The van der Waals surface area contributed by atoms with Crippen LogP contribution in [-0.2, 0) is 14.8 Å². The predicted molar refractivity (Wildman–Crippen MR) is 134 cm³/mol. The molecule has 0 saturated heterocycles. The maximum absolute atomic E-state index is 13.8. The number of benzene rings is 1. The lowest BCUT2D eigenvalue weighted by atomic mass is 10.0. The Kier molecular flexibility index (Phi) is 11.2. The van der Waals surface area contributed by atoms with Gasteiger partial charge in [0, 0.05) is 19.1 Å². The average Bonchev–Trinajstić information content (AvgIpc) is 2.67. The van der Waals surface area contributed by atoms with Gasteiger partial charge in [0.25, 0.3) is 0 Å². The highest BCUT2D eigenvalue weighted by Gasteiger charge is 2.38. The van der Waals surface area contributed by atoms with E-state index in [0.29, 0.717) is 13.0 Å². The Morgan fingerprint density at radius 3 is 2.26 bits per heavy atom. The largest absolute Gasteiger partial charge is 0.358 e.